The number of fused-ring (bicyclic) bond motifs is 1. The highest BCUT2D eigenvalue weighted by Crippen LogP contribution is 2.17. The minimum absolute atomic E-state index is 0.106. The van der Waals surface area contributed by atoms with Gasteiger partial charge >= 0.3 is 0 Å². The summed E-state index contributed by atoms with van der Waals surface area (Å²) in [5, 5.41) is 3.36. The number of hydrogen-bond donors (Lipinski definition) is 2. The fourth-order valence-electron chi connectivity index (χ4n) is 2.59. The van der Waals surface area contributed by atoms with Crippen LogP contribution >= 0.6 is 0 Å². The number of pyridine rings is 1. The third-order valence-corrected chi connectivity index (χ3v) is 4.00. The Kier molecular flexibility index (Phi) is 4.33. The highest BCUT2D eigenvalue weighted by atomic mass is 16.5. The second-order valence-electron chi connectivity index (χ2n) is 5.55. The molecule has 1 atom stereocenters. The Morgan fingerprint density at radius 3 is 2.54 bits per heavy atom. The van der Waals surface area contributed by atoms with Gasteiger partial charge in [0.2, 0.25) is 5.43 Å². The van der Waals surface area contributed by atoms with E-state index >= 15 is 0 Å². The molecule has 2 N–H and O–H groups in total. The number of rotatable bonds is 4. The summed E-state index contributed by atoms with van der Waals surface area (Å²) in [6, 6.07) is 14.3. The summed E-state index contributed by atoms with van der Waals surface area (Å²) in [6.45, 7) is 1.87. The van der Waals surface area contributed by atoms with Crippen LogP contribution in [0.25, 0.3) is 10.9 Å². The van der Waals surface area contributed by atoms with Crippen LogP contribution < -0.4 is 15.5 Å². The molecule has 0 saturated carbocycles. The van der Waals surface area contributed by atoms with E-state index in [-0.39, 0.29) is 17.0 Å². The van der Waals surface area contributed by atoms with Crippen molar-refractivity contribution >= 4 is 16.8 Å². The molecule has 0 fully saturated rings. The van der Waals surface area contributed by atoms with E-state index in [0.29, 0.717) is 10.9 Å². The minimum Gasteiger partial charge on any atom is -0.497 e. The second kappa shape index (κ2) is 6.58. The van der Waals surface area contributed by atoms with Gasteiger partial charge in [-0.05, 0) is 36.8 Å². The van der Waals surface area contributed by atoms with E-state index in [1.807, 2.05) is 37.3 Å². The zero-order valence-electron chi connectivity index (χ0n) is 13.5. The first-order valence-electron chi connectivity index (χ1n) is 7.65. The van der Waals surface area contributed by atoms with E-state index in [1.165, 1.54) is 6.20 Å². The number of benzene rings is 2. The van der Waals surface area contributed by atoms with Crippen molar-refractivity contribution in [2.45, 2.75) is 13.0 Å². The van der Waals surface area contributed by atoms with Crippen LogP contribution in [0, 0.1) is 0 Å². The van der Waals surface area contributed by atoms with E-state index < -0.39 is 5.91 Å². The first kappa shape index (κ1) is 15.8. The van der Waals surface area contributed by atoms with Crippen molar-refractivity contribution in [3.05, 3.63) is 76.1 Å². The Balaban J connectivity index is 1.84. The molecule has 122 valence electrons. The maximum Gasteiger partial charge on any atom is 0.257 e. The lowest BCUT2D eigenvalue weighted by Gasteiger charge is -2.14. The number of ether oxygens (including phenoxy) is 1. The minimum atomic E-state index is -0.398. The quantitative estimate of drug-likeness (QED) is 0.775. The molecule has 0 bridgehead atoms. The average molecular weight is 322 g/mol. The largest absolute Gasteiger partial charge is 0.497 e. The van der Waals surface area contributed by atoms with Gasteiger partial charge in [-0.15, -0.1) is 0 Å². The molecule has 1 amide bonds. The Bertz CT molecular complexity index is 929. The standard InChI is InChI=1S/C19H18N2O3/c1-12(13-7-9-14(24-2)10-8-13)21-19(23)16-11-20-17-6-4-3-5-15(17)18(16)22/h3-12H,1-2H3,(H,20,22)(H,21,23)/t12-/m1/s1. The second-order valence-corrected chi connectivity index (χ2v) is 5.55. The molecule has 24 heavy (non-hydrogen) atoms. The first-order chi connectivity index (χ1) is 11.6. The number of para-hydroxylation sites is 1. The van der Waals surface area contributed by atoms with Gasteiger partial charge < -0.3 is 15.0 Å². The van der Waals surface area contributed by atoms with Crippen molar-refractivity contribution in [1.29, 1.82) is 0 Å². The molecule has 0 aliphatic rings. The van der Waals surface area contributed by atoms with E-state index in [0.717, 1.165) is 11.3 Å². The van der Waals surface area contributed by atoms with Crippen molar-refractivity contribution in [3.63, 3.8) is 0 Å². The van der Waals surface area contributed by atoms with Crippen LogP contribution in [0.4, 0.5) is 0 Å². The Labute approximate surface area is 139 Å². The van der Waals surface area contributed by atoms with Crippen LogP contribution in [0.3, 0.4) is 0 Å². The number of methoxy groups -OCH3 is 1. The lowest BCUT2D eigenvalue weighted by molar-refractivity contribution is 0.0938. The Morgan fingerprint density at radius 2 is 1.83 bits per heavy atom. The maximum atomic E-state index is 12.5. The number of H-pyrrole nitrogens is 1. The zero-order valence-corrected chi connectivity index (χ0v) is 13.5. The normalized spacial score (nSPS) is 11.9. The molecule has 2 aromatic carbocycles. The highest BCUT2D eigenvalue weighted by Gasteiger charge is 2.16. The van der Waals surface area contributed by atoms with Gasteiger partial charge in [-0.25, -0.2) is 0 Å². The maximum absolute atomic E-state index is 12.5. The van der Waals surface area contributed by atoms with E-state index in [1.54, 1.807) is 25.3 Å². The van der Waals surface area contributed by atoms with Crippen LogP contribution in [-0.2, 0) is 0 Å². The third kappa shape index (κ3) is 3.01. The monoisotopic (exact) mass is 322 g/mol. The topological polar surface area (TPSA) is 71.2 Å². The Morgan fingerprint density at radius 1 is 1.12 bits per heavy atom. The van der Waals surface area contributed by atoms with Gasteiger partial charge in [0.25, 0.3) is 5.91 Å². The van der Waals surface area contributed by atoms with Crippen LogP contribution in [0.15, 0.2) is 59.5 Å². The van der Waals surface area contributed by atoms with Crippen molar-refractivity contribution in [2.24, 2.45) is 0 Å². The van der Waals surface area contributed by atoms with Crippen molar-refractivity contribution in [3.8, 4) is 5.75 Å². The molecule has 3 aromatic rings. The first-order valence-corrected chi connectivity index (χ1v) is 7.65. The molecule has 5 heteroatoms. The lowest BCUT2D eigenvalue weighted by Crippen LogP contribution is -2.31. The van der Waals surface area contributed by atoms with Gasteiger partial charge in [0.05, 0.1) is 13.2 Å². The van der Waals surface area contributed by atoms with Gasteiger partial charge in [0.15, 0.2) is 0 Å². The van der Waals surface area contributed by atoms with Crippen molar-refractivity contribution in [2.75, 3.05) is 7.11 Å². The predicted molar refractivity (Wildman–Crippen MR) is 93.4 cm³/mol. The van der Waals surface area contributed by atoms with E-state index in [9.17, 15) is 9.59 Å². The number of carbonyl (C=O) groups excluding carboxylic acids is 1. The molecule has 0 unspecified atom stereocenters. The fraction of sp³-hybridized carbons (Fsp3) is 0.158. The summed E-state index contributed by atoms with van der Waals surface area (Å²) in [5.74, 6) is 0.355. The van der Waals surface area contributed by atoms with E-state index in [4.69, 9.17) is 4.74 Å². The summed E-state index contributed by atoms with van der Waals surface area (Å²) in [6.07, 6.45) is 1.46. The van der Waals surface area contributed by atoms with Gasteiger partial charge in [-0.3, -0.25) is 9.59 Å². The number of nitrogens with one attached hydrogen (secondary N) is 2. The van der Waals surface area contributed by atoms with Crippen LogP contribution in [0.5, 0.6) is 5.75 Å². The molecule has 5 nitrogen and oxygen atoms in total. The third-order valence-electron chi connectivity index (χ3n) is 4.00. The zero-order chi connectivity index (χ0) is 17.1. The number of carbonyl (C=O) groups is 1. The smallest absolute Gasteiger partial charge is 0.257 e. The average Bonchev–Trinajstić information content (AvgIpc) is 2.62. The molecule has 0 spiro atoms. The number of aromatic amines is 1. The Hall–Kier alpha value is -3.08. The summed E-state index contributed by atoms with van der Waals surface area (Å²) >= 11 is 0. The van der Waals surface area contributed by atoms with Gasteiger partial charge in [0.1, 0.15) is 11.3 Å². The van der Waals surface area contributed by atoms with Crippen LogP contribution in [-0.4, -0.2) is 18.0 Å². The van der Waals surface area contributed by atoms with E-state index in [2.05, 4.69) is 10.3 Å². The fourth-order valence-corrected chi connectivity index (χ4v) is 2.59. The molecular formula is C19H18N2O3. The van der Waals surface area contributed by atoms with Crippen molar-refractivity contribution in [1.82, 2.24) is 10.3 Å². The molecule has 0 aliphatic carbocycles. The summed E-state index contributed by atoms with van der Waals surface area (Å²) in [7, 11) is 1.60. The molecule has 3 rings (SSSR count). The number of hydrogen-bond acceptors (Lipinski definition) is 3. The summed E-state index contributed by atoms with van der Waals surface area (Å²) in [5.41, 5.74) is 1.47. The molecule has 1 aromatic heterocycles. The lowest BCUT2D eigenvalue weighted by atomic mass is 10.1. The van der Waals surface area contributed by atoms with Crippen LogP contribution in [0.2, 0.25) is 0 Å². The number of amides is 1. The summed E-state index contributed by atoms with van der Waals surface area (Å²) in [4.78, 5) is 27.9. The van der Waals surface area contributed by atoms with Crippen LogP contribution in [0.1, 0.15) is 28.9 Å². The van der Waals surface area contributed by atoms with Gasteiger partial charge in [-0.2, -0.15) is 0 Å². The SMILES string of the molecule is COc1ccc([C@@H](C)NC(=O)c2c[nH]c3ccccc3c2=O)cc1. The van der Waals surface area contributed by atoms with Crippen molar-refractivity contribution < 1.29 is 9.53 Å². The molecule has 1 heterocycles. The molecular weight excluding hydrogens is 304 g/mol. The molecule has 0 saturated heterocycles. The highest BCUT2D eigenvalue weighted by molar-refractivity contribution is 5.97. The molecule has 0 aliphatic heterocycles. The van der Waals surface area contributed by atoms with Gasteiger partial charge in [0, 0.05) is 17.1 Å². The number of aromatic nitrogens is 1. The van der Waals surface area contributed by atoms with Gasteiger partial charge in [-0.1, -0.05) is 24.3 Å². The summed E-state index contributed by atoms with van der Waals surface area (Å²) < 4.78 is 5.12. The predicted octanol–water partition coefficient (Wildman–Crippen LogP) is 3.03. The molecule has 0 radical (unpaired) electrons.